The Bertz CT molecular complexity index is 329. The summed E-state index contributed by atoms with van der Waals surface area (Å²) in [6, 6.07) is 0. The minimum Gasteiger partial charge on any atom is -0.130 e. The van der Waals surface area contributed by atoms with Crippen molar-refractivity contribution in [1.29, 1.82) is 0 Å². The van der Waals surface area contributed by atoms with Crippen LogP contribution in [0.1, 0.15) is 64.2 Å². The van der Waals surface area contributed by atoms with Gasteiger partial charge in [0.25, 0.3) is 0 Å². The molecule has 3 heteroatoms. The van der Waals surface area contributed by atoms with E-state index in [1.165, 1.54) is 64.2 Å². The normalized spacial score (nSPS) is 48.3. The number of hydrogen-bond donors (Lipinski definition) is 0. The molecule has 0 saturated heterocycles. The predicted octanol–water partition coefficient (Wildman–Crippen LogP) is 5.66. The van der Waals surface area contributed by atoms with Gasteiger partial charge in [-0.15, -0.1) is 23.2 Å². The Hall–Kier alpha value is 0.797. The standard InChI is InChI=1S/C16H26Cl2Si/c17-11-19(12-18,15-5-1-13(9-15)2-6-15)16-7-3-14(10-16)4-8-16/h13-14H,1-12H2. The lowest BCUT2D eigenvalue weighted by Gasteiger charge is -2.55. The maximum Gasteiger partial charge on any atom is 0.0979 e. The van der Waals surface area contributed by atoms with Gasteiger partial charge in [-0.25, -0.2) is 0 Å². The summed E-state index contributed by atoms with van der Waals surface area (Å²) in [5, 5.41) is 1.31. The molecule has 0 aliphatic heterocycles. The molecule has 0 radical (unpaired) electrons. The number of halogens is 2. The van der Waals surface area contributed by atoms with Gasteiger partial charge in [-0.3, -0.25) is 0 Å². The molecule has 0 spiro atoms. The molecule has 0 nitrogen and oxygen atoms in total. The van der Waals surface area contributed by atoms with Crippen LogP contribution < -0.4 is 0 Å². The maximum absolute atomic E-state index is 6.74. The van der Waals surface area contributed by atoms with E-state index >= 15 is 0 Å². The highest BCUT2D eigenvalue weighted by atomic mass is 35.5. The van der Waals surface area contributed by atoms with Crippen molar-refractivity contribution in [3.63, 3.8) is 0 Å². The van der Waals surface area contributed by atoms with Gasteiger partial charge in [0.05, 0.1) is 8.07 Å². The summed E-state index contributed by atoms with van der Waals surface area (Å²) in [6.45, 7) is 0. The first-order valence-electron chi connectivity index (χ1n) is 8.31. The van der Waals surface area contributed by atoms with E-state index in [2.05, 4.69) is 0 Å². The summed E-state index contributed by atoms with van der Waals surface area (Å²) in [6.07, 6.45) is 14.9. The van der Waals surface area contributed by atoms with Gasteiger partial charge >= 0.3 is 0 Å². The summed E-state index contributed by atoms with van der Waals surface area (Å²) in [5.74, 6) is 2.07. The number of alkyl halides is 2. The largest absolute Gasteiger partial charge is 0.130 e. The van der Waals surface area contributed by atoms with Crippen LogP contribution in [0, 0.1) is 11.8 Å². The van der Waals surface area contributed by atoms with E-state index in [1.807, 2.05) is 0 Å². The zero-order valence-electron chi connectivity index (χ0n) is 11.9. The zero-order chi connectivity index (χ0) is 13.1. The molecule has 0 unspecified atom stereocenters. The summed E-state index contributed by atoms with van der Waals surface area (Å²) in [4.78, 5) is 0. The molecular formula is C16H26Cl2Si. The fourth-order valence-corrected chi connectivity index (χ4v) is 17.3. The van der Waals surface area contributed by atoms with Crippen LogP contribution in [-0.4, -0.2) is 19.1 Å². The zero-order valence-corrected chi connectivity index (χ0v) is 14.4. The summed E-state index contributed by atoms with van der Waals surface area (Å²) >= 11 is 13.5. The molecule has 4 aliphatic carbocycles. The van der Waals surface area contributed by atoms with E-state index in [4.69, 9.17) is 23.2 Å². The van der Waals surface area contributed by atoms with Crippen molar-refractivity contribution < 1.29 is 0 Å². The SMILES string of the molecule is ClC[Si](CCl)(C12CCC(CC1)C2)C12CCC(CC1)C2. The minimum absolute atomic E-state index is 0.653. The van der Waals surface area contributed by atoms with Crippen LogP contribution in [-0.2, 0) is 0 Å². The third kappa shape index (κ3) is 1.53. The fraction of sp³-hybridized carbons (Fsp3) is 1.00. The third-order valence-electron chi connectivity index (χ3n) is 7.97. The molecule has 108 valence electrons. The average Bonchev–Trinajstić information content (AvgIpc) is 3.21. The van der Waals surface area contributed by atoms with Gasteiger partial charge in [0.1, 0.15) is 0 Å². The lowest BCUT2D eigenvalue weighted by Crippen LogP contribution is -2.59. The Morgan fingerprint density at radius 3 is 1.32 bits per heavy atom. The van der Waals surface area contributed by atoms with Gasteiger partial charge < -0.3 is 0 Å². The van der Waals surface area contributed by atoms with E-state index in [-0.39, 0.29) is 0 Å². The molecule has 0 aromatic rings. The van der Waals surface area contributed by atoms with E-state index in [0.29, 0.717) is 10.1 Å². The molecule has 0 aromatic heterocycles. The van der Waals surface area contributed by atoms with E-state index < -0.39 is 8.07 Å². The van der Waals surface area contributed by atoms with Crippen LogP contribution >= 0.6 is 23.2 Å². The number of fused-ring (bicyclic) bond motifs is 4. The first kappa shape index (κ1) is 13.5. The molecule has 0 amide bonds. The first-order chi connectivity index (χ1) is 9.19. The lowest BCUT2D eigenvalue weighted by atomic mass is 9.99. The molecule has 0 atom stereocenters. The van der Waals surface area contributed by atoms with Crippen LogP contribution in [0.25, 0.3) is 0 Å². The summed E-state index contributed by atoms with van der Waals surface area (Å²) in [7, 11) is -1.56. The fourth-order valence-electron chi connectivity index (χ4n) is 6.90. The van der Waals surface area contributed by atoms with Crippen LogP contribution in [0.2, 0.25) is 10.1 Å². The average molecular weight is 317 g/mol. The maximum atomic E-state index is 6.74. The Kier molecular flexibility index (Phi) is 3.11. The molecule has 4 saturated carbocycles. The Morgan fingerprint density at radius 1 is 0.737 bits per heavy atom. The lowest BCUT2D eigenvalue weighted by molar-refractivity contribution is 0.434. The molecule has 0 aromatic carbocycles. The van der Waals surface area contributed by atoms with Gasteiger partial charge in [-0.2, -0.15) is 0 Å². The minimum atomic E-state index is -1.56. The van der Waals surface area contributed by atoms with Crippen LogP contribution in [0.5, 0.6) is 0 Å². The van der Waals surface area contributed by atoms with Crippen molar-refractivity contribution in [2.75, 3.05) is 11.0 Å². The Balaban J connectivity index is 1.78. The quantitative estimate of drug-likeness (QED) is 0.463. The number of rotatable bonds is 4. The monoisotopic (exact) mass is 316 g/mol. The van der Waals surface area contributed by atoms with E-state index in [0.717, 1.165) is 22.8 Å². The second kappa shape index (κ2) is 4.40. The van der Waals surface area contributed by atoms with E-state index in [9.17, 15) is 0 Å². The molecule has 0 N–H and O–H groups in total. The van der Waals surface area contributed by atoms with Gasteiger partial charge in [-0.1, -0.05) is 25.7 Å². The highest BCUT2D eigenvalue weighted by molar-refractivity contribution is 6.94. The summed E-state index contributed by atoms with van der Waals surface area (Å²) in [5.41, 5.74) is 1.91. The molecule has 19 heavy (non-hydrogen) atoms. The topological polar surface area (TPSA) is 0 Å². The second-order valence-electron chi connectivity index (χ2n) is 8.21. The van der Waals surface area contributed by atoms with Crippen molar-refractivity contribution in [3.05, 3.63) is 0 Å². The Labute approximate surface area is 128 Å². The van der Waals surface area contributed by atoms with Gasteiger partial charge in [0.2, 0.25) is 0 Å². The van der Waals surface area contributed by atoms with Gasteiger partial charge in [-0.05, 0) is 60.4 Å². The first-order valence-corrected chi connectivity index (χ1v) is 11.8. The molecule has 4 rings (SSSR count). The van der Waals surface area contributed by atoms with Crippen LogP contribution in [0.3, 0.4) is 0 Å². The van der Waals surface area contributed by atoms with Crippen molar-refractivity contribution in [1.82, 2.24) is 0 Å². The van der Waals surface area contributed by atoms with Crippen molar-refractivity contribution in [3.8, 4) is 0 Å². The van der Waals surface area contributed by atoms with Crippen LogP contribution in [0.4, 0.5) is 0 Å². The summed E-state index contributed by atoms with van der Waals surface area (Å²) < 4.78 is 0. The predicted molar refractivity (Wildman–Crippen MR) is 85.7 cm³/mol. The molecule has 4 bridgehead atoms. The van der Waals surface area contributed by atoms with Gasteiger partial charge in [0.15, 0.2) is 0 Å². The third-order valence-corrected chi connectivity index (χ3v) is 17.1. The Morgan fingerprint density at radius 2 is 1.11 bits per heavy atom. The second-order valence-corrected chi connectivity index (χ2v) is 14.6. The highest BCUT2D eigenvalue weighted by Gasteiger charge is 2.68. The molecule has 4 fully saturated rings. The number of hydrogen-bond acceptors (Lipinski definition) is 0. The van der Waals surface area contributed by atoms with Gasteiger partial charge in [0, 0.05) is 11.0 Å². The van der Waals surface area contributed by atoms with Crippen molar-refractivity contribution in [2.24, 2.45) is 11.8 Å². The van der Waals surface area contributed by atoms with Crippen molar-refractivity contribution in [2.45, 2.75) is 74.3 Å². The van der Waals surface area contributed by atoms with E-state index in [1.54, 1.807) is 0 Å². The smallest absolute Gasteiger partial charge is 0.0979 e. The molecule has 0 heterocycles. The van der Waals surface area contributed by atoms with Crippen LogP contribution in [0.15, 0.2) is 0 Å². The van der Waals surface area contributed by atoms with Crippen molar-refractivity contribution >= 4 is 31.3 Å². The molecular weight excluding hydrogens is 291 g/mol. The molecule has 4 aliphatic rings. The highest BCUT2D eigenvalue weighted by Crippen LogP contribution is 2.75.